The molecule has 5 nitrogen and oxygen atoms in total. The van der Waals surface area contributed by atoms with Gasteiger partial charge in [0, 0.05) is 24.8 Å². The minimum atomic E-state index is 0.728. The van der Waals surface area contributed by atoms with Gasteiger partial charge in [0.1, 0.15) is 0 Å². The fourth-order valence-corrected chi connectivity index (χ4v) is 2.31. The predicted molar refractivity (Wildman–Crippen MR) is 79.2 cm³/mol. The Morgan fingerprint density at radius 1 is 1.20 bits per heavy atom. The Labute approximate surface area is 119 Å². The van der Waals surface area contributed by atoms with Crippen LogP contribution in [0.15, 0.2) is 24.4 Å². The lowest BCUT2D eigenvalue weighted by atomic mass is 10.0. The zero-order chi connectivity index (χ0) is 14.5. The van der Waals surface area contributed by atoms with E-state index in [1.165, 1.54) is 0 Å². The maximum atomic E-state index is 5.41. The van der Waals surface area contributed by atoms with Crippen LogP contribution in [0.2, 0.25) is 0 Å². The van der Waals surface area contributed by atoms with Crippen molar-refractivity contribution in [2.75, 3.05) is 21.3 Å². The summed E-state index contributed by atoms with van der Waals surface area (Å²) in [5.74, 6) is 1.47. The Morgan fingerprint density at radius 2 is 1.90 bits per heavy atom. The average molecular weight is 275 g/mol. The van der Waals surface area contributed by atoms with Gasteiger partial charge >= 0.3 is 0 Å². The molecule has 1 aromatic carbocycles. The first-order valence-corrected chi connectivity index (χ1v) is 6.66. The fourth-order valence-electron chi connectivity index (χ4n) is 2.31. The number of aromatic nitrogens is 2. The highest BCUT2D eigenvalue weighted by Crippen LogP contribution is 2.35. The van der Waals surface area contributed by atoms with Gasteiger partial charge in [0.05, 0.1) is 19.9 Å². The van der Waals surface area contributed by atoms with Crippen LogP contribution in [0, 0.1) is 0 Å². The van der Waals surface area contributed by atoms with Gasteiger partial charge in [-0.3, -0.25) is 4.68 Å². The monoisotopic (exact) mass is 275 g/mol. The van der Waals surface area contributed by atoms with Crippen molar-refractivity contribution in [2.45, 2.75) is 20.0 Å². The molecule has 2 aromatic rings. The molecule has 1 heterocycles. The molecular weight excluding hydrogens is 254 g/mol. The van der Waals surface area contributed by atoms with Gasteiger partial charge in [-0.05, 0) is 37.7 Å². The molecule has 0 aliphatic carbocycles. The van der Waals surface area contributed by atoms with Crippen LogP contribution in [0.1, 0.15) is 12.5 Å². The maximum Gasteiger partial charge on any atom is 0.161 e. The molecule has 1 N–H and O–H groups in total. The molecule has 0 spiro atoms. The summed E-state index contributed by atoms with van der Waals surface area (Å²) < 4.78 is 12.8. The van der Waals surface area contributed by atoms with Crippen LogP contribution < -0.4 is 14.8 Å². The van der Waals surface area contributed by atoms with E-state index in [1.54, 1.807) is 14.2 Å². The van der Waals surface area contributed by atoms with E-state index >= 15 is 0 Å². The second-order valence-corrected chi connectivity index (χ2v) is 4.43. The molecule has 5 heteroatoms. The van der Waals surface area contributed by atoms with E-state index in [4.69, 9.17) is 9.47 Å². The highest BCUT2D eigenvalue weighted by molar-refractivity contribution is 5.68. The van der Waals surface area contributed by atoms with Crippen LogP contribution in [0.4, 0.5) is 0 Å². The summed E-state index contributed by atoms with van der Waals surface area (Å²) in [5, 5.41) is 7.52. The van der Waals surface area contributed by atoms with E-state index < -0.39 is 0 Å². The number of ether oxygens (including phenoxy) is 2. The van der Waals surface area contributed by atoms with Crippen molar-refractivity contribution in [3.63, 3.8) is 0 Å². The Kier molecular flexibility index (Phi) is 4.63. The summed E-state index contributed by atoms with van der Waals surface area (Å²) in [6.07, 6.45) is 1.82. The van der Waals surface area contributed by atoms with Crippen LogP contribution in [0.5, 0.6) is 11.5 Å². The highest BCUT2D eigenvalue weighted by atomic mass is 16.5. The molecule has 2 rings (SSSR count). The minimum absolute atomic E-state index is 0.728. The van der Waals surface area contributed by atoms with Crippen molar-refractivity contribution in [1.29, 1.82) is 0 Å². The third-order valence-electron chi connectivity index (χ3n) is 3.27. The first-order valence-electron chi connectivity index (χ1n) is 6.66. The molecular formula is C15H21N3O2. The molecule has 0 saturated heterocycles. The van der Waals surface area contributed by atoms with Crippen molar-refractivity contribution < 1.29 is 9.47 Å². The largest absolute Gasteiger partial charge is 0.493 e. The first kappa shape index (κ1) is 14.4. The second kappa shape index (κ2) is 6.43. The van der Waals surface area contributed by atoms with E-state index in [0.29, 0.717) is 0 Å². The molecule has 0 aliphatic heterocycles. The van der Waals surface area contributed by atoms with Crippen molar-refractivity contribution in [1.82, 2.24) is 15.1 Å². The number of rotatable bonds is 6. The summed E-state index contributed by atoms with van der Waals surface area (Å²) in [7, 11) is 5.23. The molecule has 0 radical (unpaired) electrons. The predicted octanol–water partition coefficient (Wildman–Crippen LogP) is 2.31. The van der Waals surface area contributed by atoms with Crippen molar-refractivity contribution in [2.24, 2.45) is 0 Å². The second-order valence-electron chi connectivity index (χ2n) is 4.43. The number of aryl methyl sites for hydroxylation is 1. The molecule has 108 valence electrons. The van der Waals surface area contributed by atoms with Crippen molar-refractivity contribution >= 4 is 0 Å². The SMILES string of the molecule is CCn1nccc1-c1cc(OC)c(OC)cc1CNC. The van der Waals surface area contributed by atoms with E-state index in [1.807, 2.05) is 36.1 Å². The number of hydrogen-bond acceptors (Lipinski definition) is 4. The quantitative estimate of drug-likeness (QED) is 0.879. The zero-order valence-corrected chi connectivity index (χ0v) is 12.4. The third kappa shape index (κ3) is 2.63. The third-order valence-corrected chi connectivity index (χ3v) is 3.27. The Balaban J connectivity index is 2.60. The lowest BCUT2D eigenvalue weighted by Crippen LogP contribution is -2.09. The standard InChI is InChI=1S/C15H21N3O2/c1-5-18-13(6-7-17-18)12-9-15(20-4)14(19-3)8-11(12)10-16-2/h6-9,16H,5,10H2,1-4H3. The van der Waals surface area contributed by atoms with Gasteiger partial charge in [-0.2, -0.15) is 5.10 Å². The number of hydrogen-bond donors (Lipinski definition) is 1. The van der Waals surface area contributed by atoms with Crippen molar-refractivity contribution in [3.8, 4) is 22.8 Å². The number of nitrogens with zero attached hydrogens (tertiary/aromatic N) is 2. The zero-order valence-electron chi connectivity index (χ0n) is 12.4. The summed E-state index contributed by atoms with van der Waals surface area (Å²) in [6, 6.07) is 6.04. The molecule has 0 aliphatic rings. The number of benzene rings is 1. The van der Waals surface area contributed by atoms with Gasteiger partial charge in [0.25, 0.3) is 0 Å². The first-order chi connectivity index (χ1) is 9.74. The maximum absolute atomic E-state index is 5.41. The summed E-state index contributed by atoms with van der Waals surface area (Å²) in [6.45, 7) is 3.66. The van der Waals surface area contributed by atoms with E-state index in [-0.39, 0.29) is 0 Å². The van der Waals surface area contributed by atoms with Crippen LogP contribution in [0.3, 0.4) is 0 Å². The Morgan fingerprint density at radius 3 is 2.50 bits per heavy atom. The molecule has 0 atom stereocenters. The normalized spacial score (nSPS) is 10.6. The fraction of sp³-hybridized carbons (Fsp3) is 0.400. The van der Waals surface area contributed by atoms with Crippen LogP contribution in [0.25, 0.3) is 11.3 Å². The van der Waals surface area contributed by atoms with Gasteiger partial charge in [0.2, 0.25) is 0 Å². The Hall–Kier alpha value is -2.01. The lowest BCUT2D eigenvalue weighted by Gasteiger charge is -2.15. The molecule has 0 unspecified atom stereocenters. The molecule has 1 aromatic heterocycles. The smallest absolute Gasteiger partial charge is 0.161 e. The van der Waals surface area contributed by atoms with Gasteiger partial charge < -0.3 is 14.8 Å². The molecule has 20 heavy (non-hydrogen) atoms. The van der Waals surface area contributed by atoms with Crippen LogP contribution in [-0.2, 0) is 13.1 Å². The van der Waals surface area contributed by atoms with E-state index in [0.717, 1.165) is 41.4 Å². The van der Waals surface area contributed by atoms with Gasteiger partial charge in [-0.1, -0.05) is 0 Å². The van der Waals surface area contributed by atoms with E-state index in [2.05, 4.69) is 17.3 Å². The molecule has 0 saturated carbocycles. The summed E-state index contributed by atoms with van der Waals surface area (Å²) in [5.41, 5.74) is 3.34. The van der Waals surface area contributed by atoms with Gasteiger partial charge in [-0.25, -0.2) is 0 Å². The topological polar surface area (TPSA) is 48.3 Å². The van der Waals surface area contributed by atoms with Crippen LogP contribution in [-0.4, -0.2) is 31.0 Å². The molecule has 0 fully saturated rings. The summed E-state index contributed by atoms with van der Waals surface area (Å²) >= 11 is 0. The van der Waals surface area contributed by atoms with Gasteiger partial charge in [-0.15, -0.1) is 0 Å². The van der Waals surface area contributed by atoms with Gasteiger partial charge in [0.15, 0.2) is 11.5 Å². The highest BCUT2D eigenvalue weighted by Gasteiger charge is 2.14. The molecule has 0 bridgehead atoms. The molecule has 0 amide bonds. The van der Waals surface area contributed by atoms with Crippen LogP contribution >= 0.6 is 0 Å². The lowest BCUT2D eigenvalue weighted by molar-refractivity contribution is 0.354. The number of methoxy groups -OCH3 is 2. The minimum Gasteiger partial charge on any atom is -0.493 e. The summed E-state index contributed by atoms with van der Waals surface area (Å²) in [4.78, 5) is 0. The average Bonchev–Trinajstić information content (AvgIpc) is 2.95. The van der Waals surface area contributed by atoms with Crippen molar-refractivity contribution in [3.05, 3.63) is 30.0 Å². The van der Waals surface area contributed by atoms with E-state index in [9.17, 15) is 0 Å². The number of nitrogens with one attached hydrogen (secondary N) is 1. The Bertz CT molecular complexity index is 578.